The quantitative estimate of drug-likeness (QED) is 0.471. The molecule has 0 spiro atoms. The van der Waals surface area contributed by atoms with E-state index in [0.717, 1.165) is 11.6 Å². The summed E-state index contributed by atoms with van der Waals surface area (Å²) in [5, 5.41) is 13.5. The molecule has 2 rings (SSSR count). The third kappa shape index (κ3) is 4.57. The molecule has 0 atom stereocenters. The van der Waals surface area contributed by atoms with Gasteiger partial charge in [-0.25, -0.2) is 9.18 Å². The standard InChI is InChI=1S/C18H17FN2O6/c1-10-4-6-14(21(24)25)17(11(10)2)20-16(22)9-27-18(23)12-5-7-15(26-3)13(19)8-12/h4-8H,9H2,1-3H3,(H,20,22). The number of amides is 1. The summed E-state index contributed by atoms with van der Waals surface area (Å²) in [6, 6.07) is 6.32. The summed E-state index contributed by atoms with van der Waals surface area (Å²) < 4.78 is 23.2. The number of carbonyl (C=O) groups excluding carboxylic acids is 2. The van der Waals surface area contributed by atoms with Crippen molar-refractivity contribution in [3.63, 3.8) is 0 Å². The van der Waals surface area contributed by atoms with Crippen LogP contribution in [0.15, 0.2) is 30.3 Å². The molecule has 27 heavy (non-hydrogen) atoms. The maximum atomic E-state index is 13.6. The van der Waals surface area contributed by atoms with Crippen LogP contribution in [0.1, 0.15) is 21.5 Å². The summed E-state index contributed by atoms with van der Waals surface area (Å²) >= 11 is 0. The van der Waals surface area contributed by atoms with Gasteiger partial charge < -0.3 is 14.8 Å². The number of nitro benzene ring substituents is 1. The Morgan fingerprint density at radius 2 is 1.93 bits per heavy atom. The minimum absolute atomic E-state index is 0.0356. The lowest BCUT2D eigenvalue weighted by atomic mass is 10.1. The van der Waals surface area contributed by atoms with E-state index < -0.39 is 29.2 Å². The highest BCUT2D eigenvalue weighted by Gasteiger charge is 2.20. The van der Waals surface area contributed by atoms with Crippen LogP contribution in [0.25, 0.3) is 0 Å². The average molecular weight is 376 g/mol. The maximum Gasteiger partial charge on any atom is 0.338 e. The molecule has 0 heterocycles. The number of nitrogens with one attached hydrogen (secondary N) is 1. The van der Waals surface area contributed by atoms with E-state index in [9.17, 15) is 24.1 Å². The molecule has 0 radical (unpaired) electrons. The number of nitro groups is 1. The van der Waals surface area contributed by atoms with Crippen molar-refractivity contribution < 1.29 is 28.4 Å². The predicted molar refractivity (Wildman–Crippen MR) is 94.4 cm³/mol. The van der Waals surface area contributed by atoms with Crippen molar-refractivity contribution in [2.75, 3.05) is 19.0 Å². The lowest BCUT2D eigenvalue weighted by molar-refractivity contribution is -0.384. The zero-order valence-electron chi connectivity index (χ0n) is 14.9. The summed E-state index contributed by atoms with van der Waals surface area (Å²) in [6.07, 6.45) is 0. The molecular formula is C18H17FN2O6. The second-order valence-electron chi connectivity index (χ2n) is 5.63. The van der Waals surface area contributed by atoms with Crippen molar-refractivity contribution in [1.29, 1.82) is 0 Å². The number of rotatable bonds is 6. The molecule has 0 aliphatic rings. The van der Waals surface area contributed by atoms with Crippen LogP contribution < -0.4 is 10.1 Å². The van der Waals surface area contributed by atoms with Crippen LogP contribution in [-0.2, 0) is 9.53 Å². The summed E-state index contributed by atoms with van der Waals surface area (Å²) in [4.78, 5) is 34.5. The van der Waals surface area contributed by atoms with Crippen LogP contribution in [0.2, 0.25) is 0 Å². The van der Waals surface area contributed by atoms with Crippen LogP contribution in [0, 0.1) is 29.8 Å². The van der Waals surface area contributed by atoms with E-state index >= 15 is 0 Å². The largest absolute Gasteiger partial charge is 0.494 e. The Labute approximate surface area is 154 Å². The molecular weight excluding hydrogens is 359 g/mol. The highest BCUT2D eigenvalue weighted by Crippen LogP contribution is 2.30. The Balaban J connectivity index is 2.07. The van der Waals surface area contributed by atoms with Crippen LogP contribution in [0.5, 0.6) is 5.75 Å². The summed E-state index contributed by atoms with van der Waals surface area (Å²) in [6.45, 7) is 2.69. The number of hydrogen-bond acceptors (Lipinski definition) is 6. The molecule has 0 aliphatic heterocycles. The van der Waals surface area contributed by atoms with Gasteiger partial charge in [0.15, 0.2) is 18.2 Å². The fraction of sp³-hybridized carbons (Fsp3) is 0.222. The molecule has 0 saturated heterocycles. The van der Waals surface area contributed by atoms with E-state index in [-0.39, 0.29) is 22.7 Å². The van der Waals surface area contributed by atoms with Crippen molar-refractivity contribution in [2.24, 2.45) is 0 Å². The van der Waals surface area contributed by atoms with Crippen molar-refractivity contribution in [1.82, 2.24) is 0 Å². The highest BCUT2D eigenvalue weighted by molar-refractivity contribution is 5.97. The second kappa shape index (κ2) is 8.26. The number of anilines is 1. The zero-order valence-corrected chi connectivity index (χ0v) is 14.9. The van der Waals surface area contributed by atoms with Gasteiger partial charge >= 0.3 is 5.97 Å². The monoisotopic (exact) mass is 376 g/mol. The fourth-order valence-electron chi connectivity index (χ4n) is 2.29. The topological polar surface area (TPSA) is 108 Å². The number of esters is 1. The van der Waals surface area contributed by atoms with Crippen molar-refractivity contribution in [3.05, 3.63) is 63.0 Å². The number of methoxy groups -OCH3 is 1. The summed E-state index contributed by atoms with van der Waals surface area (Å²) in [7, 11) is 1.28. The van der Waals surface area contributed by atoms with Gasteiger partial charge in [0.1, 0.15) is 5.69 Å². The lowest BCUT2D eigenvalue weighted by Gasteiger charge is -2.11. The Morgan fingerprint density at radius 3 is 2.52 bits per heavy atom. The molecule has 2 aromatic carbocycles. The number of nitrogens with zero attached hydrogens (tertiary/aromatic N) is 1. The average Bonchev–Trinajstić information content (AvgIpc) is 2.63. The third-order valence-corrected chi connectivity index (χ3v) is 3.90. The van der Waals surface area contributed by atoms with Crippen molar-refractivity contribution in [3.8, 4) is 5.75 Å². The van der Waals surface area contributed by atoms with E-state index in [4.69, 9.17) is 9.47 Å². The normalized spacial score (nSPS) is 10.2. The van der Waals surface area contributed by atoms with Crippen molar-refractivity contribution >= 4 is 23.3 Å². The molecule has 0 fully saturated rings. The van der Waals surface area contributed by atoms with E-state index in [1.165, 1.54) is 25.3 Å². The number of ether oxygens (including phenoxy) is 2. The molecule has 142 valence electrons. The van der Waals surface area contributed by atoms with Crippen LogP contribution in [0.4, 0.5) is 15.8 Å². The summed E-state index contributed by atoms with van der Waals surface area (Å²) in [5.74, 6) is -2.45. The van der Waals surface area contributed by atoms with Gasteiger partial charge in [-0.3, -0.25) is 14.9 Å². The number of benzene rings is 2. The summed E-state index contributed by atoms with van der Waals surface area (Å²) in [5.41, 5.74) is 0.952. The SMILES string of the molecule is COc1ccc(C(=O)OCC(=O)Nc2c([N+](=O)[O-])ccc(C)c2C)cc1F. The molecule has 0 unspecified atom stereocenters. The van der Waals surface area contributed by atoms with E-state index in [0.29, 0.717) is 5.56 Å². The first-order valence-electron chi connectivity index (χ1n) is 7.79. The number of aryl methyl sites for hydroxylation is 1. The van der Waals surface area contributed by atoms with E-state index in [1.807, 2.05) is 0 Å². The molecule has 0 saturated carbocycles. The molecule has 2 aromatic rings. The molecule has 1 N–H and O–H groups in total. The molecule has 0 aromatic heterocycles. The lowest BCUT2D eigenvalue weighted by Crippen LogP contribution is -2.22. The Bertz CT molecular complexity index is 913. The fourth-order valence-corrected chi connectivity index (χ4v) is 2.29. The van der Waals surface area contributed by atoms with E-state index in [2.05, 4.69) is 5.32 Å². The first-order valence-corrected chi connectivity index (χ1v) is 7.79. The maximum absolute atomic E-state index is 13.6. The Kier molecular flexibility index (Phi) is 6.07. The highest BCUT2D eigenvalue weighted by atomic mass is 19.1. The van der Waals surface area contributed by atoms with Crippen LogP contribution in [0.3, 0.4) is 0 Å². The second-order valence-corrected chi connectivity index (χ2v) is 5.63. The minimum Gasteiger partial charge on any atom is -0.494 e. The van der Waals surface area contributed by atoms with Gasteiger partial charge in [-0.05, 0) is 43.2 Å². The minimum atomic E-state index is -0.915. The first kappa shape index (κ1) is 19.8. The third-order valence-electron chi connectivity index (χ3n) is 3.90. The van der Waals surface area contributed by atoms with Gasteiger partial charge in [0.05, 0.1) is 17.6 Å². The van der Waals surface area contributed by atoms with Crippen LogP contribution in [-0.4, -0.2) is 30.5 Å². The molecule has 9 heteroatoms. The zero-order chi connectivity index (χ0) is 20.1. The molecule has 0 aliphatic carbocycles. The first-order chi connectivity index (χ1) is 12.7. The predicted octanol–water partition coefficient (Wildman–Crippen LogP) is 3.15. The van der Waals surface area contributed by atoms with Gasteiger partial charge in [0.2, 0.25) is 0 Å². The van der Waals surface area contributed by atoms with Gasteiger partial charge in [-0.1, -0.05) is 6.07 Å². The number of carbonyl (C=O) groups is 2. The van der Waals surface area contributed by atoms with Gasteiger partial charge in [0, 0.05) is 6.07 Å². The molecule has 0 bridgehead atoms. The van der Waals surface area contributed by atoms with Crippen LogP contribution >= 0.6 is 0 Å². The van der Waals surface area contributed by atoms with E-state index in [1.54, 1.807) is 19.9 Å². The molecule has 8 nitrogen and oxygen atoms in total. The molecule has 1 amide bonds. The number of hydrogen-bond donors (Lipinski definition) is 1. The smallest absolute Gasteiger partial charge is 0.338 e. The van der Waals surface area contributed by atoms with Gasteiger partial charge in [-0.15, -0.1) is 0 Å². The Hall–Kier alpha value is -3.49. The number of halogens is 1. The van der Waals surface area contributed by atoms with Gasteiger partial charge in [0.25, 0.3) is 11.6 Å². The Morgan fingerprint density at radius 1 is 1.22 bits per heavy atom. The van der Waals surface area contributed by atoms with Crippen molar-refractivity contribution in [2.45, 2.75) is 13.8 Å². The van der Waals surface area contributed by atoms with Gasteiger partial charge in [-0.2, -0.15) is 0 Å².